The number of ether oxygens (including phenoxy) is 1. The van der Waals surface area contributed by atoms with Gasteiger partial charge in [0.2, 0.25) is 10.0 Å². The summed E-state index contributed by atoms with van der Waals surface area (Å²) in [6.45, 7) is 5.29. The predicted octanol–water partition coefficient (Wildman–Crippen LogP) is 1.41. The van der Waals surface area contributed by atoms with Crippen molar-refractivity contribution >= 4 is 10.0 Å². The fraction of sp³-hybridized carbons (Fsp3) is 0.538. The van der Waals surface area contributed by atoms with Crippen LogP contribution in [0.4, 0.5) is 0 Å². The largest absolute Gasteiger partial charge is 0.382 e. The highest BCUT2D eigenvalue weighted by atomic mass is 32.2. The van der Waals surface area contributed by atoms with Crippen molar-refractivity contribution in [2.45, 2.75) is 31.2 Å². The smallest absolute Gasteiger partial charge is 0.240 e. The summed E-state index contributed by atoms with van der Waals surface area (Å²) < 4.78 is 31.8. The van der Waals surface area contributed by atoms with E-state index in [0.29, 0.717) is 26.2 Å². The fourth-order valence-electron chi connectivity index (χ4n) is 1.57. The lowest BCUT2D eigenvalue weighted by Crippen LogP contribution is -2.25. The number of nitrogens with one attached hydrogen (secondary N) is 1. The molecule has 19 heavy (non-hydrogen) atoms. The van der Waals surface area contributed by atoms with Gasteiger partial charge in [0.25, 0.3) is 0 Å². The molecule has 6 heteroatoms. The van der Waals surface area contributed by atoms with Gasteiger partial charge < -0.3 is 10.5 Å². The molecule has 0 bridgehead atoms. The van der Waals surface area contributed by atoms with Crippen LogP contribution in [0.2, 0.25) is 0 Å². The van der Waals surface area contributed by atoms with Gasteiger partial charge in [-0.15, -0.1) is 0 Å². The number of hydrogen-bond acceptors (Lipinski definition) is 4. The molecule has 1 aromatic rings. The molecule has 3 N–H and O–H groups in total. The molecule has 0 saturated carbocycles. The van der Waals surface area contributed by atoms with E-state index in [4.69, 9.17) is 10.5 Å². The van der Waals surface area contributed by atoms with Gasteiger partial charge in [-0.3, -0.25) is 0 Å². The Morgan fingerprint density at radius 1 is 1.42 bits per heavy atom. The SMILES string of the molecule is CCOCCCNS(=O)(=O)c1cccc(C(C)N)c1. The summed E-state index contributed by atoms with van der Waals surface area (Å²) >= 11 is 0. The van der Waals surface area contributed by atoms with E-state index in [1.54, 1.807) is 18.2 Å². The number of hydrogen-bond donors (Lipinski definition) is 2. The van der Waals surface area contributed by atoms with E-state index in [9.17, 15) is 8.42 Å². The summed E-state index contributed by atoms with van der Waals surface area (Å²) in [5, 5.41) is 0. The molecule has 0 fully saturated rings. The second-order valence-electron chi connectivity index (χ2n) is 4.31. The lowest BCUT2D eigenvalue weighted by Gasteiger charge is -2.10. The van der Waals surface area contributed by atoms with Crippen molar-refractivity contribution in [3.63, 3.8) is 0 Å². The molecule has 1 aromatic carbocycles. The first kappa shape index (κ1) is 16.1. The van der Waals surface area contributed by atoms with E-state index in [1.807, 2.05) is 19.9 Å². The summed E-state index contributed by atoms with van der Waals surface area (Å²) in [5.74, 6) is 0. The third-order valence-corrected chi connectivity index (χ3v) is 4.11. The Hall–Kier alpha value is -0.950. The molecule has 0 aliphatic rings. The average Bonchev–Trinajstić information content (AvgIpc) is 2.38. The van der Waals surface area contributed by atoms with Crippen LogP contribution in [0.1, 0.15) is 31.9 Å². The molecule has 0 aliphatic heterocycles. The van der Waals surface area contributed by atoms with Gasteiger partial charge in [-0.1, -0.05) is 12.1 Å². The highest BCUT2D eigenvalue weighted by molar-refractivity contribution is 7.89. The Labute approximate surface area is 115 Å². The fourth-order valence-corrected chi connectivity index (χ4v) is 2.70. The Morgan fingerprint density at radius 3 is 2.79 bits per heavy atom. The third kappa shape index (κ3) is 5.28. The zero-order valence-corrected chi connectivity index (χ0v) is 12.2. The first-order chi connectivity index (χ1) is 8.97. The van der Waals surface area contributed by atoms with Crippen LogP contribution < -0.4 is 10.5 Å². The number of nitrogens with two attached hydrogens (primary N) is 1. The van der Waals surface area contributed by atoms with Crippen molar-refractivity contribution in [2.24, 2.45) is 5.73 Å². The second-order valence-corrected chi connectivity index (χ2v) is 6.08. The van der Waals surface area contributed by atoms with Gasteiger partial charge in [0.05, 0.1) is 4.90 Å². The minimum atomic E-state index is -3.46. The van der Waals surface area contributed by atoms with E-state index in [0.717, 1.165) is 5.56 Å². The first-order valence-corrected chi connectivity index (χ1v) is 7.88. The lowest BCUT2D eigenvalue weighted by atomic mass is 10.1. The summed E-state index contributed by atoms with van der Waals surface area (Å²) in [6.07, 6.45) is 0.653. The van der Waals surface area contributed by atoms with Crippen LogP contribution in [0.5, 0.6) is 0 Å². The monoisotopic (exact) mass is 286 g/mol. The minimum absolute atomic E-state index is 0.187. The molecule has 0 aliphatic carbocycles. The van der Waals surface area contributed by atoms with E-state index in [1.165, 1.54) is 0 Å². The summed E-state index contributed by atoms with van der Waals surface area (Å²) in [4.78, 5) is 0.249. The van der Waals surface area contributed by atoms with Crippen LogP contribution in [0.15, 0.2) is 29.2 Å². The molecule has 0 heterocycles. The standard InChI is InChI=1S/C13H22N2O3S/c1-3-18-9-5-8-15-19(16,17)13-7-4-6-12(10-13)11(2)14/h4,6-7,10-11,15H,3,5,8-9,14H2,1-2H3. The van der Waals surface area contributed by atoms with Crippen LogP contribution in [0.25, 0.3) is 0 Å². The van der Waals surface area contributed by atoms with E-state index in [-0.39, 0.29) is 10.9 Å². The summed E-state index contributed by atoms with van der Waals surface area (Å²) in [6, 6.07) is 6.51. The van der Waals surface area contributed by atoms with E-state index in [2.05, 4.69) is 4.72 Å². The Kier molecular flexibility index (Phi) is 6.44. The van der Waals surface area contributed by atoms with Crippen LogP contribution in [-0.2, 0) is 14.8 Å². The number of sulfonamides is 1. The highest BCUT2D eigenvalue weighted by Gasteiger charge is 2.14. The molecule has 0 spiro atoms. The van der Waals surface area contributed by atoms with Crippen molar-refractivity contribution in [1.29, 1.82) is 0 Å². The minimum Gasteiger partial charge on any atom is -0.382 e. The topological polar surface area (TPSA) is 81.4 Å². The number of rotatable bonds is 8. The molecular formula is C13H22N2O3S. The lowest BCUT2D eigenvalue weighted by molar-refractivity contribution is 0.146. The molecule has 0 saturated heterocycles. The van der Waals surface area contributed by atoms with Gasteiger partial charge >= 0.3 is 0 Å². The second kappa shape index (κ2) is 7.59. The zero-order chi connectivity index (χ0) is 14.3. The highest BCUT2D eigenvalue weighted by Crippen LogP contribution is 2.15. The molecule has 0 amide bonds. The van der Waals surface area contributed by atoms with Crippen LogP contribution in [-0.4, -0.2) is 28.2 Å². The van der Waals surface area contributed by atoms with Gasteiger partial charge in [-0.05, 0) is 38.0 Å². The van der Waals surface area contributed by atoms with Gasteiger partial charge in [0.15, 0.2) is 0 Å². The predicted molar refractivity (Wildman–Crippen MR) is 75.3 cm³/mol. The average molecular weight is 286 g/mol. The van der Waals surface area contributed by atoms with Crippen LogP contribution in [0, 0.1) is 0 Å². The quantitative estimate of drug-likeness (QED) is 0.708. The molecule has 0 aromatic heterocycles. The Balaban J connectivity index is 2.64. The third-order valence-electron chi connectivity index (χ3n) is 2.66. The molecule has 0 radical (unpaired) electrons. The maximum atomic E-state index is 12.0. The van der Waals surface area contributed by atoms with Crippen molar-refractivity contribution in [3.8, 4) is 0 Å². The molecule has 1 atom stereocenters. The van der Waals surface area contributed by atoms with Gasteiger partial charge in [0.1, 0.15) is 0 Å². The van der Waals surface area contributed by atoms with Crippen molar-refractivity contribution in [2.75, 3.05) is 19.8 Å². The van der Waals surface area contributed by atoms with E-state index < -0.39 is 10.0 Å². The zero-order valence-electron chi connectivity index (χ0n) is 11.4. The summed E-state index contributed by atoms with van der Waals surface area (Å²) in [5.41, 5.74) is 6.55. The van der Waals surface area contributed by atoms with Crippen molar-refractivity contribution in [3.05, 3.63) is 29.8 Å². The van der Waals surface area contributed by atoms with Crippen molar-refractivity contribution in [1.82, 2.24) is 4.72 Å². The van der Waals surface area contributed by atoms with E-state index >= 15 is 0 Å². The Bertz CT molecular complexity index is 486. The summed E-state index contributed by atoms with van der Waals surface area (Å²) in [7, 11) is -3.46. The molecule has 5 nitrogen and oxygen atoms in total. The molecule has 108 valence electrons. The van der Waals surface area contributed by atoms with Crippen molar-refractivity contribution < 1.29 is 13.2 Å². The van der Waals surface area contributed by atoms with Gasteiger partial charge in [0, 0.05) is 25.8 Å². The molecular weight excluding hydrogens is 264 g/mol. The first-order valence-electron chi connectivity index (χ1n) is 6.40. The van der Waals surface area contributed by atoms with Gasteiger partial charge in [-0.25, -0.2) is 13.1 Å². The van der Waals surface area contributed by atoms with Crippen LogP contribution >= 0.6 is 0 Å². The Morgan fingerprint density at radius 2 is 2.16 bits per heavy atom. The maximum Gasteiger partial charge on any atom is 0.240 e. The van der Waals surface area contributed by atoms with Gasteiger partial charge in [-0.2, -0.15) is 0 Å². The maximum absolute atomic E-state index is 12.0. The normalized spacial score (nSPS) is 13.4. The molecule has 1 unspecified atom stereocenters. The van der Waals surface area contributed by atoms with Crippen LogP contribution in [0.3, 0.4) is 0 Å². The number of benzene rings is 1. The molecule has 1 rings (SSSR count).